The molecule has 0 spiro atoms. The van der Waals surface area contributed by atoms with Gasteiger partial charge < -0.3 is 10.3 Å². The highest BCUT2D eigenvalue weighted by atomic mass is 15.1. The summed E-state index contributed by atoms with van der Waals surface area (Å²) in [5.41, 5.74) is 7.33. The maximum atomic E-state index is 7.44. The van der Waals surface area contributed by atoms with E-state index in [1.165, 1.54) is 6.42 Å². The van der Waals surface area contributed by atoms with E-state index in [1.54, 1.807) is 0 Å². The Kier molecular flexibility index (Phi) is 2.06. The molecule has 1 aliphatic rings. The molecular formula is C10H16N4. The number of amidine groups is 1. The minimum atomic E-state index is 0.0939. The number of hydrogen-bond donors (Lipinski definition) is 2. The van der Waals surface area contributed by atoms with Gasteiger partial charge in [0.05, 0.1) is 0 Å². The second kappa shape index (κ2) is 3.12. The largest absolute Gasteiger partial charge is 0.382 e. The summed E-state index contributed by atoms with van der Waals surface area (Å²) < 4.78 is 2.20. The summed E-state index contributed by atoms with van der Waals surface area (Å²) in [5.74, 6) is 1.78. The maximum Gasteiger partial charge on any atom is 0.143 e. The molecule has 0 saturated heterocycles. The first-order chi connectivity index (χ1) is 6.59. The van der Waals surface area contributed by atoms with Crippen LogP contribution < -0.4 is 5.73 Å². The first kappa shape index (κ1) is 9.24. The Morgan fingerprint density at radius 1 is 1.64 bits per heavy atom. The number of fused-ring (bicyclic) bond motifs is 1. The number of nitrogens with zero attached hydrogens (tertiary/aromatic N) is 2. The predicted molar refractivity (Wildman–Crippen MR) is 55.5 cm³/mol. The molecule has 76 valence electrons. The fourth-order valence-electron chi connectivity index (χ4n) is 2.11. The lowest BCUT2D eigenvalue weighted by molar-refractivity contribution is 0.394. The second-order valence-corrected chi connectivity index (χ2v) is 4.12. The van der Waals surface area contributed by atoms with Gasteiger partial charge >= 0.3 is 0 Å². The van der Waals surface area contributed by atoms with Gasteiger partial charge in [0.1, 0.15) is 17.4 Å². The number of nitrogens with one attached hydrogen (secondary N) is 1. The number of imidazole rings is 1. The van der Waals surface area contributed by atoms with Crippen LogP contribution in [0.2, 0.25) is 0 Å². The van der Waals surface area contributed by atoms with Gasteiger partial charge in [-0.2, -0.15) is 0 Å². The zero-order chi connectivity index (χ0) is 10.3. The van der Waals surface area contributed by atoms with Crippen LogP contribution in [-0.4, -0.2) is 15.4 Å². The molecule has 0 aliphatic carbocycles. The highest BCUT2D eigenvalue weighted by molar-refractivity contribution is 5.94. The molecule has 0 radical (unpaired) electrons. The minimum Gasteiger partial charge on any atom is -0.382 e. The summed E-state index contributed by atoms with van der Waals surface area (Å²) in [6.45, 7) is 5.24. The average molecular weight is 192 g/mol. The number of aromatic nitrogens is 2. The van der Waals surface area contributed by atoms with E-state index < -0.39 is 0 Å². The van der Waals surface area contributed by atoms with Crippen LogP contribution in [0.25, 0.3) is 0 Å². The molecule has 1 atom stereocenters. The Bertz CT molecular complexity index is 378. The van der Waals surface area contributed by atoms with Crippen molar-refractivity contribution in [3.63, 3.8) is 0 Å². The summed E-state index contributed by atoms with van der Waals surface area (Å²) in [4.78, 5) is 4.34. The molecule has 1 aromatic rings. The van der Waals surface area contributed by atoms with Gasteiger partial charge in [-0.1, -0.05) is 6.92 Å². The van der Waals surface area contributed by atoms with Crippen LogP contribution in [-0.2, 0) is 13.0 Å². The van der Waals surface area contributed by atoms with Gasteiger partial charge in [0.2, 0.25) is 0 Å². The summed E-state index contributed by atoms with van der Waals surface area (Å²) >= 11 is 0. The topological polar surface area (TPSA) is 67.7 Å². The molecule has 0 bridgehead atoms. The molecule has 4 heteroatoms. The smallest absolute Gasteiger partial charge is 0.143 e. The van der Waals surface area contributed by atoms with Gasteiger partial charge in [0.15, 0.2) is 0 Å². The first-order valence-electron chi connectivity index (χ1n) is 5.00. The highest BCUT2D eigenvalue weighted by Gasteiger charge is 2.22. The molecule has 2 heterocycles. The van der Waals surface area contributed by atoms with Gasteiger partial charge in [-0.3, -0.25) is 5.41 Å². The molecule has 1 aromatic heterocycles. The second-order valence-electron chi connectivity index (χ2n) is 4.12. The van der Waals surface area contributed by atoms with Crippen molar-refractivity contribution in [2.24, 2.45) is 11.7 Å². The molecule has 3 N–H and O–H groups in total. The zero-order valence-corrected chi connectivity index (χ0v) is 8.67. The van der Waals surface area contributed by atoms with Gasteiger partial charge in [-0.05, 0) is 25.7 Å². The first-order valence-corrected chi connectivity index (χ1v) is 5.00. The van der Waals surface area contributed by atoms with Crippen LogP contribution >= 0.6 is 0 Å². The molecule has 0 aromatic carbocycles. The standard InChI is InChI=1S/C10H16N4/c1-6-3-4-8-9(10(11)12)13-7(2)14(8)5-6/h6H,3-5H2,1-2H3,(H3,11,12). The monoisotopic (exact) mass is 192 g/mol. The average Bonchev–Trinajstić information content (AvgIpc) is 2.44. The molecule has 14 heavy (non-hydrogen) atoms. The van der Waals surface area contributed by atoms with Gasteiger partial charge in [-0.25, -0.2) is 4.98 Å². The lowest BCUT2D eigenvalue weighted by Gasteiger charge is -2.22. The van der Waals surface area contributed by atoms with Crippen molar-refractivity contribution in [3.05, 3.63) is 17.2 Å². The van der Waals surface area contributed by atoms with Crippen LogP contribution in [0.4, 0.5) is 0 Å². The molecule has 1 aliphatic heterocycles. The van der Waals surface area contributed by atoms with E-state index in [-0.39, 0.29) is 5.84 Å². The Morgan fingerprint density at radius 3 is 3.00 bits per heavy atom. The number of hydrogen-bond acceptors (Lipinski definition) is 2. The van der Waals surface area contributed by atoms with E-state index in [1.807, 2.05) is 6.92 Å². The van der Waals surface area contributed by atoms with Crippen LogP contribution in [0.5, 0.6) is 0 Å². The van der Waals surface area contributed by atoms with E-state index in [9.17, 15) is 0 Å². The van der Waals surface area contributed by atoms with Crippen LogP contribution in [0.15, 0.2) is 0 Å². The molecule has 1 unspecified atom stereocenters. The van der Waals surface area contributed by atoms with Crippen molar-refractivity contribution < 1.29 is 0 Å². The van der Waals surface area contributed by atoms with E-state index >= 15 is 0 Å². The Labute approximate surface area is 83.6 Å². The SMILES string of the molecule is Cc1nc(C(=N)N)c2n1CC(C)CC2. The van der Waals surface area contributed by atoms with Crippen LogP contribution in [0.1, 0.15) is 30.6 Å². The molecule has 4 nitrogen and oxygen atoms in total. The number of aryl methyl sites for hydroxylation is 1. The molecule has 0 saturated carbocycles. The predicted octanol–water partition coefficient (Wildman–Crippen LogP) is 1.06. The van der Waals surface area contributed by atoms with Crippen LogP contribution in [0.3, 0.4) is 0 Å². The quantitative estimate of drug-likeness (QED) is 0.516. The van der Waals surface area contributed by atoms with E-state index in [2.05, 4.69) is 16.5 Å². The number of nitrogens with two attached hydrogens (primary N) is 1. The number of nitrogen functional groups attached to an aromatic ring is 1. The van der Waals surface area contributed by atoms with Gasteiger partial charge in [0.25, 0.3) is 0 Å². The van der Waals surface area contributed by atoms with Crippen molar-refractivity contribution in [3.8, 4) is 0 Å². The fourth-order valence-corrected chi connectivity index (χ4v) is 2.11. The fraction of sp³-hybridized carbons (Fsp3) is 0.600. The molecule has 2 rings (SSSR count). The summed E-state index contributed by atoms with van der Waals surface area (Å²) in [5, 5.41) is 7.44. The third-order valence-electron chi connectivity index (χ3n) is 2.89. The summed E-state index contributed by atoms with van der Waals surface area (Å²) in [7, 11) is 0. The third-order valence-corrected chi connectivity index (χ3v) is 2.89. The highest BCUT2D eigenvalue weighted by Crippen LogP contribution is 2.23. The Balaban J connectivity index is 2.49. The Hall–Kier alpha value is -1.32. The van der Waals surface area contributed by atoms with E-state index in [4.69, 9.17) is 11.1 Å². The molecule has 0 fully saturated rings. The molecule has 0 amide bonds. The third kappa shape index (κ3) is 1.31. The summed E-state index contributed by atoms with van der Waals surface area (Å²) in [6, 6.07) is 0. The minimum absolute atomic E-state index is 0.0939. The van der Waals surface area contributed by atoms with Gasteiger partial charge in [0, 0.05) is 12.2 Å². The molecular weight excluding hydrogens is 176 g/mol. The number of rotatable bonds is 1. The lowest BCUT2D eigenvalue weighted by atomic mass is 9.99. The Morgan fingerprint density at radius 2 is 2.36 bits per heavy atom. The van der Waals surface area contributed by atoms with Gasteiger partial charge in [-0.15, -0.1) is 0 Å². The van der Waals surface area contributed by atoms with Crippen LogP contribution in [0, 0.1) is 18.3 Å². The maximum absolute atomic E-state index is 7.44. The van der Waals surface area contributed by atoms with Crippen molar-refractivity contribution in [2.45, 2.75) is 33.2 Å². The van der Waals surface area contributed by atoms with Crippen molar-refractivity contribution in [1.82, 2.24) is 9.55 Å². The zero-order valence-electron chi connectivity index (χ0n) is 8.67. The van der Waals surface area contributed by atoms with Crippen molar-refractivity contribution in [2.75, 3.05) is 0 Å². The van der Waals surface area contributed by atoms with Crippen molar-refractivity contribution >= 4 is 5.84 Å². The van der Waals surface area contributed by atoms with Crippen molar-refractivity contribution in [1.29, 1.82) is 5.41 Å². The lowest BCUT2D eigenvalue weighted by Crippen LogP contribution is -2.21. The summed E-state index contributed by atoms with van der Waals surface area (Å²) in [6.07, 6.45) is 2.17. The van der Waals surface area contributed by atoms with E-state index in [0.29, 0.717) is 11.6 Å². The normalized spacial score (nSPS) is 20.6. The van der Waals surface area contributed by atoms with E-state index in [0.717, 1.165) is 24.5 Å².